The normalized spacial score (nSPS) is 12.9. The van der Waals surface area contributed by atoms with E-state index in [1.165, 1.54) is 5.56 Å². The maximum absolute atomic E-state index is 9.06. The summed E-state index contributed by atoms with van der Waals surface area (Å²) < 4.78 is 2.01. The number of hydrogen-bond acceptors (Lipinski definition) is 1. The first-order valence-corrected chi connectivity index (χ1v) is 4.30. The molecule has 66 valence electrons. The van der Waals surface area contributed by atoms with Crippen molar-refractivity contribution >= 4 is 0 Å². The van der Waals surface area contributed by atoms with E-state index in [-0.39, 0.29) is 6.10 Å². The maximum Gasteiger partial charge on any atom is 0.168 e. The molecule has 0 spiro atoms. The summed E-state index contributed by atoms with van der Waals surface area (Å²) in [5.74, 6) is 0. The summed E-state index contributed by atoms with van der Waals surface area (Å²) in [6.45, 7) is 1.82. The van der Waals surface area contributed by atoms with Gasteiger partial charge in [0.2, 0.25) is 0 Å². The minimum absolute atomic E-state index is 0.195. The Morgan fingerprint density at radius 1 is 1.42 bits per heavy atom. The van der Waals surface area contributed by atoms with E-state index in [2.05, 4.69) is 12.1 Å². The van der Waals surface area contributed by atoms with E-state index < -0.39 is 0 Å². The molecule has 12 heavy (non-hydrogen) atoms. The van der Waals surface area contributed by atoms with E-state index in [1.54, 1.807) is 0 Å². The fourth-order valence-electron chi connectivity index (χ4n) is 1.07. The second kappa shape index (κ2) is 4.21. The third-order valence-electron chi connectivity index (χ3n) is 1.90. The minimum atomic E-state index is -0.195. The predicted molar refractivity (Wildman–Crippen MR) is 47.6 cm³/mol. The van der Waals surface area contributed by atoms with Crippen molar-refractivity contribution in [3.8, 4) is 0 Å². The Balaban J connectivity index is 2.48. The first-order chi connectivity index (χ1) is 5.68. The molecule has 1 heterocycles. The van der Waals surface area contributed by atoms with E-state index >= 15 is 0 Å². The average Bonchev–Trinajstić information content (AvgIpc) is 2.03. The van der Waals surface area contributed by atoms with Crippen molar-refractivity contribution < 1.29 is 9.67 Å². The molecule has 0 aliphatic heterocycles. The van der Waals surface area contributed by atoms with Gasteiger partial charge in [0.25, 0.3) is 0 Å². The molecule has 0 aromatic carbocycles. The van der Waals surface area contributed by atoms with Crippen LogP contribution in [0.5, 0.6) is 0 Å². The van der Waals surface area contributed by atoms with Crippen LogP contribution in [0.2, 0.25) is 0 Å². The van der Waals surface area contributed by atoms with E-state index in [4.69, 9.17) is 5.11 Å². The van der Waals surface area contributed by atoms with Crippen molar-refractivity contribution in [1.29, 1.82) is 0 Å². The molecule has 0 bridgehead atoms. The molecule has 1 atom stereocenters. The quantitative estimate of drug-likeness (QED) is 0.661. The van der Waals surface area contributed by atoms with Gasteiger partial charge in [-0.25, -0.2) is 4.57 Å². The lowest BCUT2D eigenvalue weighted by atomic mass is 10.1. The topological polar surface area (TPSA) is 24.1 Å². The molecule has 2 heteroatoms. The van der Waals surface area contributed by atoms with Gasteiger partial charge in [-0.15, -0.1) is 0 Å². The van der Waals surface area contributed by atoms with Gasteiger partial charge in [-0.3, -0.25) is 0 Å². The van der Waals surface area contributed by atoms with Gasteiger partial charge in [-0.1, -0.05) is 0 Å². The monoisotopic (exact) mass is 166 g/mol. The highest BCUT2D eigenvalue weighted by molar-refractivity contribution is 5.07. The van der Waals surface area contributed by atoms with Gasteiger partial charge in [-0.2, -0.15) is 0 Å². The molecular formula is C10H16NO+. The van der Waals surface area contributed by atoms with Crippen molar-refractivity contribution in [2.75, 3.05) is 0 Å². The highest BCUT2D eigenvalue weighted by atomic mass is 16.3. The van der Waals surface area contributed by atoms with E-state index in [0.717, 1.165) is 12.8 Å². The van der Waals surface area contributed by atoms with Crippen LogP contribution in [0.25, 0.3) is 0 Å². The van der Waals surface area contributed by atoms with Crippen LogP contribution in [0.4, 0.5) is 0 Å². The molecule has 0 aliphatic carbocycles. The zero-order chi connectivity index (χ0) is 8.97. The zero-order valence-electron chi connectivity index (χ0n) is 7.70. The molecular weight excluding hydrogens is 150 g/mol. The Labute approximate surface area is 73.5 Å². The Morgan fingerprint density at radius 3 is 2.50 bits per heavy atom. The molecule has 0 amide bonds. The number of aryl methyl sites for hydroxylation is 2. The van der Waals surface area contributed by atoms with Gasteiger partial charge < -0.3 is 5.11 Å². The molecule has 1 rings (SSSR count). The fraction of sp³-hybridized carbons (Fsp3) is 0.500. The van der Waals surface area contributed by atoms with Crippen molar-refractivity contribution in [3.05, 3.63) is 30.1 Å². The molecule has 1 aromatic rings. The van der Waals surface area contributed by atoms with E-state index in [0.29, 0.717) is 0 Å². The third-order valence-corrected chi connectivity index (χ3v) is 1.90. The Kier molecular flexibility index (Phi) is 3.23. The van der Waals surface area contributed by atoms with Crippen LogP contribution in [-0.4, -0.2) is 11.2 Å². The Hall–Kier alpha value is -0.890. The second-order valence-electron chi connectivity index (χ2n) is 3.26. The Bertz CT molecular complexity index is 228. The molecule has 0 radical (unpaired) electrons. The van der Waals surface area contributed by atoms with Crippen LogP contribution in [0.3, 0.4) is 0 Å². The van der Waals surface area contributed by atoms with Crippen molar-refractivity contribution in [2.24, 2.45) is 7.05 Å². The molecule has 1 N–H and O–H groups in total. The second-order valence-corrected chi connectivity index (χ2v) is 3.26. The number of pyridine rings is 1. The number of rotatable bonds is 3. The molecule has 0 saturated carbocycles. The summed E-state index contributed by atoms with van der Waals surface area (Å²) in [5, 5.41) is 9.06. The van der Waals surface area contributed by atoms with Gasteiger partial charge in [-0.05, 0) is 25.3 Å². The number of nitrogens with zero attached hydrogens (tertiary/aromatic N) is 1. The standard InChI is InChI=1S/C10H16NO/c1-9(12)3-4-10-5-7-11(2)8-6-10/h5-9,12H,3-4H2,1-2H3/q+1. The lowest BCUT2D eigenvalue weighted by molar-refractivity contribution is -0.671. The number of hydrogen-bond donors (Lipinski definition) is 1. The highest BCUT2D eigenvalue weighted by Gasteiger charge is 1.98. The Morgan fingerprint density at radius 2 is 2.00 bits per heavy atom. The summed E-state index contributed by atoms with van der Waals surface area (Å²) >= 11 is 0. The van der Waals surface area contributed by atoms with Crippen LogP contribution in [-0.2, 0) is 13.5 Å². The van der Waals surface area contributed by atoms with Crippen molar-refractivity contribution in [2.45, 2.75) is 25.9 Å². The van der Waals surface area contributed by atoms with Gasteiger partial charge in [0.1, 0.15) is 7.05 Å². The summed E-state index contributed by atoms with van der Waals surface area (Å²) in [5.41, 5.74) is 1.29. The predicted octanol–water partition coefficient (Wildman–Crippen LogP) is 0.825. The van der Waals surface area contributed by atoms with Crippen LogP contribution in [0.15, 0.2) is 24.5 Å². The first-order valence-electron chi connectivity index (χ1n) is 4.30. The van der Waals surface area contributed by atoms with Crippen LogP contribution >= 0.6 is 0 Å². The van der Waals surface area contributed by atoms with Crippen LogP contribution in [0, 0.1) is 0 Å². The molecule has 2 nitrogen and oxygen atoms in total. The average molecular weight is 166 g/mol. The van der Waals surface area contributed by atoms with Gasteiger partial charge in [0.05, 0.1) is 6.10 Å². The van der Waals surface area contributed by atoms with Crippen LogP contribution in [0.1, 0.15) is 18.9 Å². The molecule has 1 aromatic heterocycles. The van der Waals surface area contributed by atoms with E-state index in [9.17, 15) is 0 Å². The van der Waals surface area contributed by atoms with Gasteiger partial charge in [0, 0.05) is 12.1 Å². The van der Waals surface area contributed by atoms with Gasteiger partial charge >= 0.3 is 0 Å². The number of aromatic nitrogens is 1. The van der Waals surface area contributed by atoms with Crippen LogP contribution < -0.4 is 4.57 Å². The fourth-order valence-corrected chi connectivity index (χ4v) is 1.07. The highest BCUT2D eigenvalue weighted by Crippen LogP contribution is 2.02. The SMILES string of the molecule is CC(O)CCc1cc[n+](C)cc1. The first kappa shape index (κ1) is 9.20. The number of aliphatic hydroxyl groups is 1. The smallest absolute Gasteiger partial charge is 0.168 e. The van der Waals surface area contributed by atoms with Crippen molar-refractivity contribution in [1.82, 2.24) is 0 Å². The third kappa shape index (κ3) is 3.01. The molecule has 0 aliphatic rings. The number of aliphatic hydroxyl groups excluding tert-OH is 1. The lowest BCUT2D eigenvalue weighted by Crippen LogP contribution is -2.26. The lowest BCUT2D eigenvalue weighted by Gasteiger charge is -2.02. The van der Waals surface area contributed by atoms with E-state index in [1.807, 2.05) is 30.9 Å². The molecule has 0 fully saturated rings. The molecule has 0 saturated heterocycles. The van der Waals surface area contributed by atoms with Crippen molar-refractivity contribution in [3.63, 3.8) is 0 Å². The minimum Gasteiger partial charge on any atom is -0.393 e. The summed E-state index contributed by atoms with van der Waals surface area (Å²) in [7, 11) is 2.00. The largest absolute Gasteiger partial charge is 0.393 e. The zero-order valence-corrected chi connectivity index (χ0v) is 7.70. The summed E-state index contributed by atoms with van der Waals surface area (Å²) in [6, 6.07) is 4.17. The summed E-state index contributed by atoms with van der Waals surface area (Å²) in [4.78, 5) is 0. The summed E-state index contributed by atoms with van der Waals surface area (Å²) in [6.07, 6.45) is 5.65. The molecule has 1 unspecified atom stereocenters. The van der Waals surface area contributed by atoms with Gasteiger partial charge in [0.15, 0.2) is 12.4 Å². The maximum atomic E-state index is 9.06.